The Labute approximate surface area is 96.4 Å². The van der Waals surface area contributed by atoms with Crippen molar-refractivity contribution in [2.24, 2.45) is 0 Å². The van der Waals surface area contributed by atoms with E-state index in [1.54, 1.807) is 13.8 Å². The summed E-state index contributed by atoms with van der Waals surface area (Å²) in [5.41, 5.74) is -0.315. The average molecular weight is 250 g/mol. The molecule has 3 nitrogen and oxygen atoms in total. The number of ether oxygens (including phenoxy) is 1. The zero-order chi connectivity index (χ0) is 12.3. The Morgan fingerprint density at radius 3 is 2.75 bits per heavy atom. The second kappa shape index (κ2) is 5.21. The van der Waals surface area contributed by atoms with Gasteiger partial charge in [-0.15, -0.1) is 0 Å². The van der Waals surface area contributed by atoms with Crippen molar-refractivity contribution in [2.45, 2.75) is 20.3 Å². The molecule has 0 N–H and O–H groups in total. The molecule has 0 bridgehead atoms. The van der Waals surface area contributed by atoms with Gasteiger partial charge in [0.15, 0.2) is 5.69 Å². The number of hydrogen-bond donors (Lipinski definition) is 0. The van der Waals surface area contributed by atoms with Gasteiger partial charge in [0.05, 0.1) is 11.6 Å². The molecule has 0 aromatic carbocycles. The van der Waals surface area contributed by atoms with Crippen LogP contribution in [0.15, 0.2) is 6.07 Å². The van der Waals surface area contributed by atoms with Gasteiger partial charge in [-0.2, -0.15) is 0 Å². The van der Waals surface area contributed by atoms with Gasteiger partial charge >= 0.3 is 5.97 Å². The smallest absolute Gasteiger partial charge is 0.357 e. The molecule has 1 heterocycles. The van der Waals surface area contributed by atoms with Crippen LogP contribution in [-0.4, -0.2) is 17.6 Å². The van der Waals surface area contributed by atoms with E-state index < -0.39 is 18.1 Å². The van der Waals surface area contributed by atoms with Crippen molar-refractivity contribution in [3.63, 3.8) is 0 Å². The Hall–Kier alpha value is -1.23. The van der Waals surface area contributed by atoms with Crippen LogP contribution in [0.5, 0.6) is 0 Å². The molecule has 0 saturated heterocycles. The van der Waals surface area contributed by atoms with Crippen LogP contribution < -0.4 is 0 Å². The lowest BCUT2D eigenvalue weighted by Crippen LogP contribution is -2.11. The van der Waals surface area contributed by atoms with Crippen LogP contribution in [0.2, 0.25) is 5.02 Å². The van der Waals surface area contributed by atoms with Gasteiger partial charge < -0.3 is 4.74 Å². The molecule has 88 valence electrons. The summed E-state index contributed by atoms with van der Waals surface area (Å²) in [5.74, 6) is -0.724. The van der Waals surface area contributed by atoms with Gasteiger partial charge in [0.25, 0.3) is 6.43 Å². The number of carbonyl (C=O) groups is 1. The lowest BCUT2D eigenvalue weighted by molar-refractivity contribution is 0.0517. The molecule has 0 fully saturated rings. The number of rotatable bonds is 3. The number of aryl methyl sites for hydroxylation is 1. The fourth-order valence-corrected chi connectivity index (χ4v) is 1.44. The molecule has 0 aliphatic carbocycles. The summed E-state index contributed by atoms with van der Waals surface area (Å²) < 4.78 is 29.7. The number of alkyl halides is 2. The van der Waals surface area contributed by atoms with E-state index >= 15 is 0 Å². The van der Waals surface area contributed by atoms with Crippen LogP contribution in [0.3, 0.4) is 0 Å². The van der Waals surface area contributed by atoms with E-state index in [1.807, 2.05) is 0 Å². The maximum Gasteiger partial charge on any atom is 0.357 e. The molecular weight excluding hydrogens is 240 g/mol. The van der Waals surface area contributed by atoms with E-state index in [2.05, 4.69) is 4.98 Å². The van der Waals surface area contributed by atoms with Crippen LogP contribution in [0.25, 0.3) is 0 Å². The van der Waals surface area contributed by atoms with Crippen molar-refractivity contribution >= 4 is 17.6 Å². The minimum atomic E-state index is -2.82. The first-order valence-electron chi connectivity index (χ1n) is 4.59. The molecule has 16 heavy (non-hydrogen) atoms. The Bertz CT molecular complexity index is 410. The summed E-state index contributed by atoms with van der Waals surface area (Å²) in [5, 5.41) is -0.152. The average Bonchev–Trinajstić information content (AvgIpc) is 2.17. The van der Waals surface area contributed by atoms with E-state index in [-0.39, 0.29) is 17.3 Å². The lowest BCUT2D eigenvalue weighted by atomic mass is 10.2. The highest BCUT2D eigenvalue weighted by Crippen LogP contribution is 2.27. The van der Waals surface area contributed by atoms with Crippen LogP contribution in [-0.2, 0) is 4.74 Å². The van der Waals surface area contributed by atoms with Crippen molar-refractivity contribution < 1.29 is 18.3 Å². The van der Waals surface area contributed by atoms with Crippen molar-refractivity contribution in [3.05, 3.63) is 28.0 Å². The number of halogens is 3. The van der Waals surface area contributed by atoms with E-state index in [1.165, 1.54) is 6.07 Å². The fraction of sp³-hybridized carbons (Fsp3) is 0.400. The van der Waals surface area contributed by atoms with E-state index in [0.29, 0.717) is 5.56 Å². The lowest BCUT2D eigenvalue weighted by Gasteiger charge is -2.08. The maximum atomic E-state index is 12.5. The predicted octanol–water partition coefficient (Wildman–Crippen LogP) is 3.16. The van der Waals surface area contributed by atoms with Crippen LogP contribution in [0.4, 0.5) is 8.78 Å². The fourth-order valence-electron chi connectivity index (χ4n) is 1.15. The molecule has 1 aromatic heterocycles. The molecule has 1 rings (SSSR count). The summed E-state index contributed by atoms with van der Waals surface area (Å²) in [6, 6.07) is 1.28. The molecule has 0 aliphatic rings. The highest BCUT2D eigenvalue weighted by molar-refractivity contribution is 6.31. The minimum Gasteiger partial charge on any atom is -0.461 e. The summed E-state index contributed by atoms with van der Waals surface area (Å²) in [7, 11) is 0. The Kier molecular flexibility index (Phi) is 4.18. The quantitative estimate of drug-likeness (QED) is 0.773. The van der Waals surface area contributed by atoms with Crippen molar-refractivity contribution in [2.75, 3.05) is 6.61 Å². The third kappa shape index (κ3) is 2.66. The number of pyridine rings is 1. The molecule has 6 heteroatoms. The zero-order valence-electron chi connectivity index (χ0n) is 8.76. The molecule has 0 saturated carbocycles. The van der Waals surface area contributed by atoms with Crippen LogP contribution in [0.1, 0.15) is 35.1 Å². The van der Waals surface area contributed by atoms with Gasteiger partial charge in [0.2, 0.25) is 0 Å². The van der Waals surface area contributed by atoms with Crippen LogP contribution in [0, 0.1) is 6.92 Å². The summed E-state index contributed by atoms with van der Waals surface area (Å²) in [6.45, 7) is 3.34. The zero-order valence-corrected chi connectivity index (χ0v) is 9.52. The van der Waals surface area contributed by atoms with Crippen molar-refractivity contribution in [1.82, 2.24) is 4.98 Å². The molecule has 0 aliphatic heterocycles. The first kappa shape index (κ1) is 12.8. The summed E-state index contributed by atoms with van der Waals surface area (Å²) >= 11 is 5.58. The Morgan fingerprint density at radius 2 is 2.25 bits per heavy atom. The topological polar surface area (TPSA) is 39.2 Å². The molecule has 0 radical (unpaired) electrons. The maximum absolute atomic E-state index is 12.5. The first-order chi connectivity index (χ1) is 7.47. The SMILES string of the molecule is CCOC(=O)c1nc(C(F)F)c(Cl)cc1C. The highest BCUT2D eigenvalue weighted by Gasteiger charge is 2.20. The van der Waals surface area contributed by atoms with Gasteiger partial charge in [0.1, 0.15) is 5.69 Å². The highest BCUT2D eigenvalue weighted by atomic mass is 35.5. The molecular formula is C10H10ClF2NO2. The number of hydrogen-bond acceptors (Lipinski definition) is 3. The van der Waals surface area contributed by atoms with Crippen LogP contribution >= 0.6 is 11.6 Å². The summed E-state index contributed by atoms with van der Waals surface area (Å²) in [6.07, 6.45) is -2.82. The van der Waals surface area contributed by atoms with Gasteiger partial charge in [-0.1, -0.05) is 11.6 Å². The molecule has 0 amide bonds. The normalized spacial score (nSPS) is 10.6. The molecule has 0 atom stereocenters. The number of esters is 1. The van der Waals surface area contributed by atoms with Gasteiger partial charge in [-0.3, -0.25) is 0 Å². The van der Waals surface area contributed by atoms with Gasteiger partial charge in [-0.05, 0) is 25.5 Å². The third-order valence-corrected chi connectivity index (χ3v) is 2.17. The largest absolute Gasteiger partial charge is 0.461 e. The number of nitrogens with zero attached hydrogens (tertiary/aromatic N) is 1. The standard InChI is InChI=1S/C10H10ClF2NO2/c1-3-16-10(15)7-5(2)4-6(11)8(14-7)9(12)13/h4,9H,3H2,1-2H3. The van der Waals surface area contributed by atoms with Gasteiger partial charge in [-0.25, -0.2) is 18.6 Å². The Morgan fingerprint density at radius 1 is 1.62 bits per heavy atom. The minimum absolute atomic E-state index is 0.124. The van der Waals surface area contributed by atoms with E-state index in [0.717, 1.165) is 0 Å². The predicted molar refractivity (Wildman–Crippen MR) is 54.9 cm³/mol. The second-order valence-corrected chi connectivity index (χ2v) is 3.45. The van der Waals surface area contributed by atoms with Crippen molar-refractivity contribution in [3.8, 4) is 0 Å². The number of carbonyl (C=O) groups excluding carboxylic acids is 1. The van der Waals surface area contributed by atoms with Crippen molar-refractivity contribution in [1.29, 1.82) is 0 Å². The third-order valence-electron chi connectivity index (χ3n) is 1.87. The second-order valence-electron chi connectivity index (χ2n) is 3.04. The molecule has 0 unspecified atom stereocenters. The summed E-state index contributed by atoms with van der Waals surface area (Å²) in [4.78, 5) is 14.9. The number of aromatic nitrogens is 1. The molecule has 0 spiro atoms. The van der Waals surface area contributed by atoms with E-state index in [4.69, 9.17) is 16.3 Å². The first-order valence-corrected chi connectivity index (χ1v) is 4.97. The van der Waals surface area contributed by atoms with E-state index in [9.17, 15) is 13.6 Å². The monoisotopic (exact) mass is 249 g/mol. The Balaban J connectivity index is 3.19. The van der Waals surface area contributed by atoms with Gasteiger partial charge in [0, 0.05) is 0 Å². The molecule has 1 aromatic rings.